The molecule has 1 heterocycles. The van der Waals surface area contributed by atoms with E-state index in [2.05, 4.69) is 10.3 Å². The van der Waals surface area contributed by atoms with E-state index in [4.69, 9.17) is 0 Å². The summed E-state index contributed by atoms with van der Waals surface area (Å²) in [5, 5.41) is 3.45. The van der Waals surface area contributed by atoms with Gasteiger partial charge in [-0.05, 0) is 43.2 Å². The first-order chi connectivity index (χ1) is 13.3. The zero-order valence-corrected chi connectivity index (χ0v) is 15.0. The van der Waals surface area contributed by atoms with Crippen molar-refractivity contribution in [2.75, 3.05) is 5.32 Å². The Morgan fingerprint density at radius 1 is 1.07 bits per heavy atom. The lowest BCUT2D eigenvalue weighted by atomic mass is 9.98. The number of aromatic nitrogens is 1. The number of rotatable bonds is 5. The van der Waals surface area contributed by atoms with E-state index in [-0.39, 0.29) is 24.2 Å². The first kappa shape index (κ1) is 19.5. The molecule has 0 aliphatic heterocycles. The standard InChI is InChI=1S/C21H17F3N2O2/c1-13(27)7-8-14-9-10-16(21(22,23)24)12-17(14)20(28)26-18-6-2-4-15-5-3-11-25-19(15)18/h2-6,9-12H,7-8H2,1H3,(H,26,28). The van der Waals surface area contributed by atoms with Crippen molar-refractivity contribution in [3.63, 3.8) is 0 Å². The number of hydrogen-bond donors (Lipinski definition) is 1. The fraction of sp³-hybridized carbons (Fsp3) is 0.190. The summed E-state index contributed by atoms with van der Waals surface area (Å²) < 4.78 is 39.3. The van der Waals surface area contributed by atoms with Crippen molar-refractivity contribution in [2.24, 2.45) is 0 Å². The molecule has 3 aromatic rings. The van der Waals surface area contributed by atoms with E-state index in [0.29, 0.717) is 16.8 Å². The molecule has 0 radical (unpaired) electrons. The Bertz CT molecular complexity index is 1040. The van der Waals surface area contributed by atoms with Gasteiger partial charge in [0.15, 0.2) is 0 Å². The monoisotopic (exact) mass is 386 g/mol. The van der Waals surface area contributed by atoms with E-state index in [9.17, 15) is 22.8 Å². The lowest BCUT2D eigenvalue weighted by molar-refractivity contribution is -0.137. The van der Waals surface area contributed by atoms with Gasteiger partial charge in [-0.25, -0.2) is 0 Å². The SMILES string of the molecule is CC(=O)CCc1ccc(C(F)(F)F)cc1C(=O)Nc1cccc2cccnc12. The Kier molecular flexibility index (Phi) is 5.44. The van der Waals surface area contributed by atoms with Crippen LogP contribution < -0.4 is 5.32 Å². The molecule has 4 nitrogen and oxygen atoms in total. The molecule has 1 N–H and O–H groups in total. The van der Waals surface area contributed by atoms with E-state index in [0.717, 1.165) is 17.5 Å². The number of pyridine rings is 1. The zero-order chi connectivity index (χ0) is 20.3. The van der Waals surface area contributed by atoms with Crippen molar-refractivity contribution >= 4 is 28.3 Å². The van der Waals surface area contributed by atoms with Crippen molar-refractivity contribution in [3.8, 4) is 0 Å². The molecule has 7 heteroatoms. The van der Waals surface area contributed by atoms with Gasteiger partial charge in [-0.3, -0.25) is 9.78 Å². The van der Waals surface area contributed by atoms with Crippen molar-refractivity contribution in [2.45, 2.75) is 25.9 Å². The summed E-state index contributed by atoms with van der Waals surface area (Å²) in [6.07, 6.45) is -2.68. The number of aryl methyl sites for hydroxylation is 1. The first-order valence-electron chi connectivity index (χ1n) is 8.60. The molecular weight excluding hydrogens is 369 g/mol. The second-order valence-corrected chi connectivity index (χ2v) is 6.41. The number of nitrogens with one attached hydrogen (secondary N) is 1. The summed E-state index contributed by atoms with van der Waals surface area (Å²) in [4.78, 5) is 28.3. The number of nitrogens with zero attached hydrogens (tertiary/aromatic N) is 1. The number of Topliss-reactive ketones (excluding diaryl/α,β-unsaturated/α-hetero) is 1. The van der Waals surface area contributed by atoms with Gasteiger partial charge >= 0.3 is 6.18 Å². The van der Waals surface area contributed by atoms with Crippen LogP contribution in [0.15, 0.2) is 54.7 Å². The van der Waals surface area contributed by atoms with Gasteiger partial charge in [0, 0.05) is 23.6 Å². The Labute approximate surface area is 159 Å². The van der Waals surface area contributed by atoms with Crippen molar-refractivity contribution in [3.05, 3.63) is 71.4 Å². The fourth-order valence-corrected chi connectivity index (χ4v) is 2.89. The average molecular weight is 386 g/mol. The van der Waals surface area contributed by atoms with Gasteiger partial charge in [0.05, 0.1) is 16.8 Å². The molecular formula is C21H17F3N2O2. The lowest BCUT2D eigenvalue weighted by Crippen LogP contribution is -2.17. The van der Waals surface area contributed by atoms with Crippen LogP contribution in [0, 0.1) is 0 Å². The van der Waals surface area contributed by atoms with Gasteiger partial charge < -0.3 is 10.1 Å². The summed E-state index contributed by atoms with van der Waals surface area (Å²) in [6, 6.07) is 11.7. The number of hydrogen-bond acceptors (Lipinski definition) is 3. The van der Waals surface area contributed by atoms with E-state index in [1.165, 1.54) is 13.0 Å². The van der Waals surface area contributed by atoms with Crippen molar-refractivity contribution in [1.82, 2.24) is 4.98 Å². The van der Waals surface area contributed by atoms with Gasteiger partial charge in [-0.2, -0.15) is 13.2 Å². The van der Waals surface area contributed by atoms with Crippen LogP contribution >= 0.6 is 0 Å². The topological polar surface area (TPSA) is 59.1 Å². The second-order valence-electron chi connectivity index (χ2n) is 6.41. The molecule has 0 aliphatic rings. The maximum absolute atomic E-state index is 13.1. The maximum Gasteiger partial charge on any atom is 0.416 e. The fourth-order valence-electron chi connectivity index (χ4n) is 2.89. The van der Waals surface area contributed by atoms with E-state index >= 15 is 0 Å². The van der Waals surface area contributed by atoms with Crippen LogP contribution in [-0.2, 0) is 17.4 Å². The van der Waals surface area contributed by atoms with Gasteiger partial charge in [0.2, 0.25) is 0 Å². The second kappa shape index (κ2) is 7.80. The summed E-state index contributed by atoms with van der Waals surface area (Å²) in [6.45, 7) is 1.39. The van der Waals surface area contributed by atoms with Crippen molar-refractivity contribution < 1.29 is 22.8 Å². The largest absolute Gasteiger partial charge is 0.416 e. The van der Waals surface area contributed by atoms with Crippen LogP contribution in [0.4, 0.5) is 18.9 Å². The first-order valence-corrected chi connectivity index (χ1v) is 8.60. The summed E-state index contributed by atoms with van der Waals surface area (Å²) >= 11 is 0. The number of halogens is 3. The minimum absolute atomic E-state index is 0.107. The number of fused-ring (bicyclic) bond motifs is 1. The third kappa shape index (κ3) is 4.36. The highest BCUT2D eigenvalue weighted by atomic mass is 19.4. The lowest BCUT2D eigenvalue weighted by Gasteiger charge is -2.14. The molecule has 0 aliphatic carbocycles. The molecule has 3 rings (SSSR count). The summed E-state index contributed by atoms with van der Waals surface area (Å²) in [5.41, 5.74) is 0.298. The molecule has 0 saturated heterocycles. The minimum Gasteiger partial charge on any atom is -0.320 e. The van der Waals surface area contributed by atoms with E-state index < -0.39 is 17.6 Å². The van der Waals surface area contributed by atoms with Crippen LogP contribution in [0.3, 0.4) is 0 Å². The highest BCUT2D eigenvalue weighted by molar-refractivity contribution is 6.09. The Balaban J connectivity index is 1.99. The van der Waals surface area contributed by atoms with E-state index in [1.54, 1.807) is 24.4 Å². The van der Waals surface area contributed by atoms with Crippen LogP contribution in [0.5, 0.6) is 0 Å². The molecule has 0 fully saturated rings. The Morgan fingerprint density at radius 2 is 1.82 bits per heavy atom. The molecule has 0 atom stereocenters. The molecule has 28 heavy (non-hydrogen) atoms. The van der Waals surface area contributed by atoms with Crippen LogP contribution in [0.2, 0.25) is 0 Å². The predicted octanol–water partition coefficient (Wildman–Crippen LogP) is 5.03. The summed E-state index contributed by atoms with van der Waals surface area (Å²) in [5.74, 6) is -0.785. The third-order valence-electron chi connectivity index (χ3n) is 4.31. The molecule has 1 amide bonds. The minimum atomic E-state index is -4.57. The number of alkyl halides is 3. The zero-order valence-electron chi connectivity index (χ0n) is 15.0. The van der Waals surface area contributed by atoms with Crippen LogP contribution in [0.1, 0.15) is 34.8 Å². The number of ketones is 1. The Morgan fingerprint density at radius 3 is 2.54 bits per heavy atom. The molecule has 0 spiro atoms. The van der Waals surface area contributed by atoms with Gasteiger partial charge in [-0.1, -0.05) is 24.3 Å². The smallest absolute Gasteiger partial charge is 0.320 e. The number of carbonyl (C=O) groups is 2. The van der Waals surface area contributed by atoms with Crippen LogP contribution in [-0.4, -0.2) is 16.7 Å². The predicted molar refractivity (Wildman–Crippen MR) is 100 cm³/mol. The van der Waals surface area contributed by atoms with Crippen molar-refractivity contribution in [1.29, 1.82) is 0 Å². The number of para-hydroxylation sites is 1. The van der Waals surface area contributed by atoms with Gasteiger partial charge in [0.1, 0.15) is 5.78 Å². The van der Waals surface area contributed by atoms with Gasteiger partial charge in [0.25, 0.3) is 5.91 Å². The summed E-state index contributed by atoms with van der Waals surface area (Å²) in [7, 11) is 0. The van der Waals surface area contributed by atoms with Gasteiger partial charge in [-0.15, -0.1) is 0 Å². The maximum atomic E-state index is 13.1. The van der Waals surface area contributed by atoms with E-state index in [1.807, 2.05) is 12.1 Å². The number of carbonyl (C=O) groups excluding carboxylic acids is 2. The quantitative estimate of drug-likeness (QED) is 0.669. The number of amides is 1. The average Bonchev–Trinajstić information content (AvgIpc) is 2.65. The molecule has 0 unspecified atom stereocenters. The molecule has 0 saturated carbocycles. The highest BCUT2D eigenvalue weighted by Crippen LogP contribution is 2.31. The normalized spacial score (nSPS) is 11.4. The molecule has 0 bridgehead atoms. The molecule has 144 valence electrons. The number of benzene rings is 2. The van der Waals surface area contributed by atoms with Crippen LogP contribution in [0.25, 0.3) is 10.9 Å². The number of anilines is 1. The molecule has 2 aromatic carbocycles. The Hall–Kier alpha value is -3.22. The highest BCUT2D eigenvalue weighted by Gasteiger charge is 2.31. The molecule has 1 aromatic heterocycles. The third-order valence-corrected chi connectivity index (χ3v) is 4.31.